The number of primary amides is 1. The summed E-state index contributed by atoms with van der Waals surface area (Å²) in [5.41, 5.74) is 21.2. The number of nitrogens with zero attached hydrogens (tertiary/aromatic N) is 6. The Labute approximate surface area is 208 Å². The Bertz CT molecular complexity index is 1360. The molecule has 186 valence electrons. The first-order chi connectivity index (χ1) is 17.4. The predicted octanol–water partition coefficient (Wildman–Crippen LogP) is 1.25. The molecular weight excluding hydrogens is 458 g/mol. The summed E-state index contributed by atoms with van der Waals surface area (Å²) in [7, 11) is 0. The number of amides is 2. The molecule has 0 unspecified atom stereocenters. The van der Waals surface area contributed by atoms with Crippen molar-refractivity contribution in [3.8, 4) is 0 Å². The summed E-state index contributed by atoms with van der Waals surface area (Å²) in [5, 5.41) is 4.26. The van der Waals surface area contributed by atoms with Gasteiger partial charge in [-0.3, -0.25) is 14.5 Å². The molecule has 1 aromatic carbocycles. The molecule has 1 saturated heterocycles. The normalized spacial score (nSPS) is 20.3. The van der Waals surface area contributed by atoms with Crippen molar-refractivity contribution in [1.82, 2.24) is 19.7 Å². The molecule has 0 radical (unpaired) electrons. The van der Waals surface area contributed by atoms with Gasteiger partial charge in [-0.25, -0.2) is 14.6 Å². The zero-order chi connectivity index (χ0) is 25.0. The predicted molar refractivity (Wildman–Crippen MR) is 134 cm³/mol. The fraction of sp³-hybridized carbons (Fsp3) is 0.400. The lowest BCUT2D eigenvalue weighted by Gasteiger charge is -2.42. The van der Waals surface area contributed by atoms with Gasteiger partial charge in [-0.05, 0) is 54.4 Å². The maximum atomic E-state index is 13.2. The molecule has 4 heterocycles. The Kier molecular flexibility index (Phi) is 5.18. The number of hydrogen-bond acceptors (Lipinski definition) is 8. The summed E-state index contributed by atoms with van der Waals surface area (Å²) >= 11 is 0. The van der Waals surface area contributed by atoms with Crippen molar-refractivity contribution >= 4 is 29.3 Å². The third-order valence-corrected chi connectivity index (χ3v) is 8.01. The third-order valence-electron chi connectivity index (χ3n) is 8.01. The van der Waals surface area contributed by atoms with Gasteiger partial charge in [-0.1, -0.05) is 6.07 Å². The highest BCUT2D eigenvalue weighted by Crippen LogP contribution is 2.51. The lowest BCUT2D eigenvalue weighted by atomic mass is 9.73. The van der Waals surface area contributed by atoms with Crippen LogP contribution in [-0.4, -0.2) is 51.2 Å². The summed E-state index contributed by atoms with van der Waals surface area (Å²) in [4.78, 5) is 37.6. The molecule has 2 amide bonds. The van der Waals surface area contributed by atoms with Crippen LogP contribution in [0.25, 0.3) is 0 Å². The van der Waals surface area contributed by atoms with E-state index in [-0.39, 0.29) is 28.9 Å². The lowest BCUT2D eigenvalue weighted by Crippen LogP contribution is -2.44. The Morgan fingerprint density at radius 2 is 1.89 bits per heavy atom. The SMILES string of the molecule is NC(=O)c1ccc2c(c1)[C@@H](N)C1(CCN(c3cnc(C(=O)N4CCCn5nccc54)c(N)n3)CC1)C2. The summed E-state index contributed by atoms with van der Waals surface area (Å²) in [5.74, 6) is 0.816. The van der Waals surface area contributed by atoms with Crippen LogP contribution in [0.3, 0.4) is 0 Å². The molecule has 1 aliphatic carbocycles. The van der Waals surface area contributed by atoms with Gasteiger partial charge < -0.3 is 22.1 Å². The molecule has 1 atom stereocenters. The molecule has 11 heteroatoms. The number of hydrogen-bond donors (Lipinski definition) is 3. The van der Waals surface area contributed by atoms with Gasteiger partial charge in [0, 0.05) is 43.9 Å². The molecular formula is C25H29N9O2. The Morgan fingerprint density at radius 1 is 1.08 bits per heavy atom. The summed E-state index contributed by atoms with van der Waals surface area (Å²) in [6.45, 7) is 2.86. The van der Waals surface area contributed by atoms with Crippen molar-refractivity contribution in [2.24, 2.45) is 16.9 Å². The number of nitrogens with two attached hydrogens (primary N) is 3. The van der Waals surface area contributed by atoms with E-state index in [1.807, 2.05) is 22.9 Å². The maximum Gasteiger partial charge on any atom is 0.281 e. The van der Waals surface area contributed by atoms with E-state index < -0.39 is 5.91 Å². The number of aromatic nitrogens is 4. The largest absolute Gasteiger partial charge is 0.382 e. The smallest absolute Gasteiger partial charge is 0.281 e. The van der Waals surface area contributed by atoms with E-state index in [0.29, 0.717) is 17.9 Å². The Morgan fingerprint density at radius 3 is 2.64 bits per heavy atom. The van der Waals surface area contributed by atoms with Crippen LogP contribution >= 0.6 is 0 Å². The molecule has 2 aromatic heterocycles. The zero-order valence-corrected chi connectivity index (χ0v) is 19.9. The van der Waals surface area contributed by atoms with Crippen molar-refractivity contribution in [2.45, 2.75) is 38.3 Å². The molecule has 2 aliphatic heterocycles. The topological polar surface area (TPSA) is 162 Å². The van der Waals surface area contributed by atoms with Gasteiger partial charge in [0.25, 0.3) is 5.91 Å². The summed E-state index contributed by atoms with van der Waals surface area (Å²) in [6.07, 6.45) is 6.75. The fourth-order valence-electron chi connectivity index (χ4n) is 5.95. The number of carbonyl (C=O) groups excluding carboxylic acids is 2. The molecule has 3 aromatic rings. The third kappa shape index (κ3) is 3.49. The zero-order valence-electron chi connectivity index (χ0n) is 19.9. The number of fused-ring (bicyclic) bond motifs is 2. The van der Waals surface area contributed by atoms with Gasteiger partial charge in [0.2, 0.25) is 5.91 Å². The molecule has 11 nitrogen and oxygen atoms in total. The lowest BCUT2D eigenvalue weighted by molar-refractivity contribution is 0.0974. The van der Waals surface area contributed by atoms with E-state index in [4.69, 9.17) is 17.2 Å². The van der Waals surface area contributed by atoms with Gasteiger partial charge >= 0.3 is 0 Å². The average molecular weight is 488 g/mol. The molecule has 1 spiro atoms. The minimum absolute atomic E-state index is 0.0683. The highest BCUT2D eigenvalue weighted by atomic mass is 16.2. The first kappa shape index (κ1) is 22.5. The highest BCUT2D eigenvalue weighted by Gasteiger charge is 2.46. The molecule has 6 rings (SSSR count). The van der Waals surface area contributed by atoms with Crippen LogP contribution < -0.4 is 27.0 Å². The van der Waals surface area contributed by atoms with Crippen LogP contribution in [0.15, 0.2) is 36.7 Å². The number of benzene rings is 1. The van der Waals surface area contributed by atoms with Gasteiger partial charge in [0.1, 0.15) is 11.6 Å². The minimum Gasteiger partial charge on any atom is -0.382 e. The van der Waals surface area contributed by atoms with Gasteiger partial charge in [-0.15, -0.1) is 0 Å². The number of aryl methyl sites for hydroxylation is 1. The highest BCUT2D eigenvalue weighted by molar-refractivity contribution is 6.07. The Hall–Kier alpha value is -3.99. The van der Waals surface area contributed by atoms with Crippen LogP contribution in [0.2, 0.25) is 0 Å². The monoisotopic (exact) mass is 487 g/mol. The summed E-state index contributed by atoms with van der Waals surface area (Å²) < 4.78 is 1.81. The van der Waals surface area contributed by atoms with Gasteiger partial charge in [0.15, 0.2) is 11.5 Å². The van der Waals surface area contributed by atoms with Crippen LogP contribution in [-0.2, 0) is 13.0 Å². The molecule has 1 fully saturated rings. The van der Waals surface area contributed by atoms with Gasteiger partial charge in [-0.2, -0.15) is 5.10 Å². The minimum atomic E-state index is -0.440. The molecule has 6 N–H and O–H groups in total. The van der Waals surface area contributed by atoms with E-state index in [2.05, 4.69) is 20.0 Å². The van der Waals surface area contributed by atoms with Crippen LogP contribution in [0, 0.1) is 5.41 Å². The van der Waals surface area contributed by atoms with Crippen molar-refractivity contribution in [3.05, 3.63) is 59.0 Å². The number of anilines is 3. The fourth-order valence-corrected chi connectivity index (χ4v) is 5.95. The molecule has 0 saturated carbocycles. The second-order valence-electron chi connectivity index (χ2n) is 9.97. The average Bonchev–Trinajstić information content (AvgIpc) is 3.47. The van der Waals surface area contributed by atoms with E-state index in [0.717, 1.165) is 56.7 Å². The standard InChI is InChI=1S/C25H29N9O2/c26-21-17-12-15(23(28)35)2-3-16(17)13-25(21)5-10-32(11-6-25)18-14-29-20(22(27)31-18)24(36)33-8-1-9-34-19(33)4-7-30-34/h2-4,7,12,14,21H,1,5-6,8-11,13,26H2,(H2,27,31)(H2,28,35)/t21-/m1/s1. The maximum absolute atomic E-state index is 13.2. The summed E-state index contributed by atoms with van der Waals surface area (Å²) in [6, 6.07) is 7.28. The van der Waals surface area contributed by atoms with E-state index >= 15 is 0 Å². The second kappa shape index (κ2) is 8.30. The van der Waals surface area contributed by atoms with E-state index in [9.17, 15) is 9.59 Å². The first-order valence-corrected chi connectivity index (χ1v) is 12.3. The number of rotatable bonds is 3. The Balaban J connectivity index is 1.17. The first-order valence-electron chi connectivity index (χ1n) is 12.3. The van der Waals surface area contributed by atoms with Crippen molar-refractivity contribution in [2.75, 3.05) is 35.2 Å². The number of piperidine rings is 1. The van der Waals surface area contributed by atoms with Crippen LogP contribution in [0.1, 0.15) is 57.3 Å². The van der Waals surface area contributed by atoms with E-state index in [1.54, 1.807) is 23.4 Å². The van der Waals surface area contributed by atoms with Crippen molar-refractivity contribution in [1.29, 1.82) is 0 Å². The van der Waals surface area contributed by atoms with Crippen molar-refractivity contribution < 1.29 is 9.59 Å². The number of carbonyl (C=O) groups is 2. The molecule has 0 bridgehead atoms. The molecule has 3 aliphatic rings. The molecule has 36 heavy (non-hydrogen) atoms. The van der Waals surface area contributed by atoms with Crippen LogP contribution in [0.5, 0.6) is 0 Å². The van der Waals surface area contributed by atoms with E-state index in [1.165, 1.54) is 5.56 Å². The van der Waals surface area contributed by atoms with Crippen LogP contribution in [0.4, 0.5) is 17.5 Å². The van der Waals surface area contributed by atoms with Crippen molar-refractivity contribution in [3.63, 3.8) is 0 Å². The second-order valence-corrected chi connectivity index (χ2v) is 9.97. The quantitative estimate of drug-likeness (QED) is 0.497. The number of nitrogen functional groups attached to an aromatic ring is 1. The van der Waals surface area contributed by atoms with Gasteiger partial charge in [0.05, 0.1) is 12.4 Å².